The predicted octanol–water partition coefficient (Wildman–Crippen LogP) is 3.06. The van der Waals surface area contributed by atoms with Crippen molar-refractivity contribution in [2.45, 2.75) is 40.0 Å². The molecule has 1 aromatic heterocycles. The van der Waals surface area contributed by atoms with E-state index in [1.807, 2.05) is 6.92 Å². The summed E-state index contributed by atoms with van der Waals surface area (Å²) in [6, 6.07) is 0. The lowest BCUT2D eigenvalue weighted by atomic mass is 10.0. The van der Waals surface area contributed by atoms with E-state index in [0.717, 1.165) is 30.2 Å². The average Bonchev–Trinajstić information content (AvgIpc) is 2.55. The van der Waals surface area contributed by atoms with Gasteiger partial charge in [-0.15, -0.1) is 11.3 Å². The highest BCUT2D eigenvalue weighted by Gasteiger charge is 2.06. The van der Waals surface area contributed by atoms with Crippen molar-refractivity contribution >= 4 is 22.4 Å². The number of carboxylic acids is 1. The van der Waals surface area contributed by atoms with Crippen LogP contribution in [0.2, 0.25) is 0 Å². The second-order valence-corrected chi connectivity index (χ2v) is 5.62. The summed E-state index contributed by atoms with van der Waals surface area (Å²) >= 11 is 1.67. The monoisotopic (exact) mass is 256 g/mol. The van der Waals surface area contributed by atoms with Crippen LogP contribution >= 0.6 is 11.3 Å². The molecule has 0 aliphatic carbocycles. The Morgan fingerprint density at radius 1 is 1.47 bits per heavy atom. The fraction of sp³-hybridized carbons (Fsp3) is 0.667. The van der Waals surface area contributed by atoms with Crippen LogP contribution in [0, 0.1) is 19.8 Å². The Labute approximate surface area is 106 Å². The molecule has 0 saturated heterocycles. The first-order valence-corrected chi connectivity index (χ1v) is 6.70. The Bertz CT molecular complexity index is 357. The Morgan fingerprint density at radius 2 is 2.18 bits per heavy atom. The van der Waals surface area contributed by atoms with Gasteiger partial charge in [0.15, 0.2) is 5.13 Å². The van der Waals surface area contributed by atoms with Crippen molar-refractivity contribution in [1.29, 1.82) is 0 Å². The highest BCUT2D eigenvalue weighted by molar-refractivity contribution is 7.15. The molecule has 96 valence electrons. The average molecular weight is 256 g/mol. The molecule has 1 atom stereocenters. The third-order valence-electron chi connectivity index (χ3n) is 2.79. The van der Waals surface area contributed by atoms with Crippen LogP contribution in [-0.4, -0.2) is 22.6 Å². The minimum atomic E-state index is -0.712. The number of aryl methyl sites for hydroxylation is 2. The maximum absolute atomic E-state index is 10.4. The molecular weight excluding hydrogens is 236 g/mol. The molecule has 1 rings (SSSR count). The van der Waals surface area contributed by atoms with E-state index in [2.05, 4.69) is 24.1 Å². The molecule has 0 saturated carbocycles. The SMILES string of the molecule is Cc1nc(NCCC(C)CCC(=O)O)sc1C. The lowest BCUT2D eigenvalue weighted by molar-refractivity contribution is -0.137. The standard InChI is InChI=1S/C12H20N2O2S/c1-8(4-5-11(15)16)6-7-13-12-14-9(2)10(3)17-12/h8H,4-7H2,1-3H3,(H,13,14)(H,15,16). The summed E-state index contributed by atoms with van der Waals surface area (Å²) in [7, 11) is 0. The smallest absolute Gasteiger partial charge is 0.303 e. The molecule has 0 aliphatic heterocycles. The van der Waals surface area contributed by atoms with E-state index >= 15 is 0 Å². The highest BCUT2D eigenvalue weighted by atomic mass is 32.1. The zero-order valence-electron chi connectivity index (χ0n) is 10.6. The Balaban J connectivity index is 2.21. The normalized spacial score (nSPS) is 12.4. The van der Waals surface area contributed by atoms with Crippen LogP contribution in [0.4, 0.5) is 5.13 Å². The van der Waals surface area contributed by atoms with Gasteiger partial charge >= 0.3 is 5.97 Å². The molecule has 17 heavy (non-hydrogen) atoms. The lowest BCUT2D eigenvalue weighted by Gasteiger charge is -2.09. The third-order valence-corrected chi connectivity index (χ3v) is 3.82. The molecule has 1 heterocycles. The van der Waals surface area contributed by atoms with Crippen LogP contribution in [0.25, 0.3) is 0 Å². The molecular formula is C12H20N2O2S. The van der Waals surface area contributed by atoms with Gasteiger partial charge in [0.1, 0.15) is 0 Å². The number of nitrogens with one attached hydrogen (secondary N) is 1. The number of hydrogen-bond acceptors (Lipinski definition) is 4. The lowest BCUT2D eigenvalue weighted by Crippen LogP contribution is -2.08. The number of carbonyl (C=O) groups is 1. The van der Waals surface area contributed by atoms with E-state index in [1.165, 1.54) is 4.88 Å². The van der Waals surface area contributed by atoms with Crippen molar-refractivity contribution in [3.63, 3.8) is 0 Å². The number of aliphatic carboxylic acids is 1. The van der Waals surface area contributed by atoms with Crippen LogP contribution in [0.1, 0.15) is 36.8 Å². The van der Waals surface area contributed by atoms with Crippen molar-refractivity contribution in [3.05, 3.63) is 10.6 Å². The van der Waals surface area contributed by atoms with Gasteiger partial charge in [-0.25, -0.2) is 4.98 Å². The number of aromatic nitrogens is 1. The predicted molar refractivity (Wildman–Crippen MR) is 70.7 cm³/mol. The number of thiazole rings is 1. The van der Waals surface area contributed by atoms with Crippen molar-refractivity contribution < 1.29 is 9.90 Å². The van der Waals surface area contributed by atoms with Crippen molar-refractivity contribution in [3.8, 4) is 0 Å². The molecule has 0 aromatic carbocycles. The van der Waals surface area contributed by atoms with Gasteiger partial charge in [0.2, 0.25) is 0 Å². The Morgan fingerprint density at radius 3 is 2.71 bits per heavy atom. The number of nitrogens with zero attached hydrogens (tertiary/aromatic N) is 1. The zero-order valence-corrected chi connectivity index (χ0v) is 11.4. The first-order chi connectivity index (χ1) is 7.99. The molecule has 1 aromatic rings. The molecule has 0 radical (unpaired) electrons. The highest BCUT2D eigenvalue weighted by Crippen LogP contribution is 2.21. The van der Waals surface area contributed by atoms with Crippen molar-refractivity contribution in [2.75, 3.05) is 11.9 Å². The van der Waals surface area contributed by atoms with Crippen LogP contribution in [-0.2, 0) is 4.79 Å². The molecule has 1 unspecified atom stereocenters. The second-order valence-electron chi connectivity index (χ2n) is 4.41. The first kappa shape index (κ1) is 14.0. The summed E-state index contributed by atoms with van der Waals surface area (Å²) < 4.78 is 0. The third kappa shape index (κ3) is 5.17. The molecule has 0 bridgehead atoms. The molecule has 0 aliphatic rings. The summed E-state index contributed by atoms with van der Waals surface area (Å²) in [6.45, 7) is 7.01. The number of anilines is 1. The van der Waals surface area contributed by atoms with Gasteiger partial charge in [-0.1, -0.05) is 6.92 Å². The van der Waals surface area contributed by atoms with Crippen LogP contribution in [0.3, 0.4) is 0 Å². The van der Waals surface area contributed by atoms with Gasteiger partial charge in [-0.3, -0.25) is 4.79 Å². The van der Waals surface area contributed by atoms with E-state index in [0.29, 0.717) is 5.92 Å². The van der Waals surface area contributed by atoms with Gasteiger partial charge < -0.3 is 10.4 Å². The minimum Gasteiger partial charge on any atom is -0.481 e. The molecule has 2 N–H and O–H groups in total. The van der Waals surface area contributed by atoms with Crippen molar-refractivity contribution in [2.24, 2.45) is 5.92 Å². The van der Waals surface area contributed by atoms with Gasteiger partial charge in [-0.2, -0.15) is 0 Å². The van der Waals surface area contributed by atoms with Gasteiger partial charge in [0, 0.05) is 17.8 Å². The topological polar surface area (TPSA) is 62.2 Å². The van der Waals surface area contributed by atoms with Crippen LogP contribution < -0.4 is 5.32 Å². The zero-order chi connectivity index (χ0) is 12.8. The van der Waals surface area contributed by atoms with E-state index in [9.17, 15) is 4.79 Å². The molecule has 4 nitrogen and oxygen atoms in total. The fourth-order valence-electron chi connectivity index (χ4n) is 1.49. The fourth-order valence-corrected chi connectivity index (χ4v) is 2.33. The Kier molecular flexibility index (Phi) is 5.41. The van der Waals surface area contributed by atoms with E-state index in [4.69, 9.17) is 5.11 Å². The van der Waals surface area contributed by atoms with Crippen molar-refractivity contribution in [1.82, 2.24) is 4.98 Å². The minimum absolute atomic E-state index is 0.261. The number of rotatable bonds is 7. The molecule has 0 amide bonds. The summed E-state index contributed by atoms with van der Waals surface area (Å²) in [5.41, 5.74) is 1.08. The largest absolute Gasteiger partial charge is 0.481 e. The first-order valence-electron chi connectivity index (χ1n) is 5.88. The number of carboxylic acid groups (broad SMARTS) is 1. The van der Waals surface area contributed by atoms with Gasteiger partial charge in [0.25, 0.3) is 0 Å². The molecule has 0 fully saturated rings. The van der Waals surface area contributed by atoms with Gasteiger partial charge in [-0.05, 0) is 32.6 Å². The summed E-state index contributed by atoms with van der Waals surface area (Å²) in [5, 5.41) is 12.8. The summed E-state index contributed by atoms with van der Waals surface area (Å²) in [6.07, 6.45) is 1.98. The van der Waals surface area contributed by atoms with Crippen LogP contribution in [0.5, 0.6) is 0 Å². The maximum Gasteiger partial charge on any atom is 0.303 e. The maximum atomic E-state index is 10.4. The summed E-state index contributed by atoms with van der Waals surface area (Å²) in [4.78, 5) is 16.1. The quantitative estimate of drug-likeness (QED) is 0.787. The Hall–Kier alpha value is -1.10. The van der Waals surface area contributed by atoms with Crippen LogP contribution in [0.15, 0.2) is 0 Å². The number of hydrogen-bond donors (Lipinski definition) is 2. The van der Waals surface area contributed by atoms with E-state index in [1.54, 1.807) is 11.3 Å². The summed E-state index contributed by atoms with van der Waals surface area (Å²) in [5.74, 6) is -0.281. The molecule has 5 heteroatoms. The molecule has 0 spiro atoms. The second kappa shape index (κ2) is 6.59. The van der Waals surface area contributed by atoms with E-state index < -0.39 is 5.97 Å². The van der Waals surface area contributed by atoms with Gasteiger partial charge in [0.05, 0.1) is 5.69 Å². The van der Waals surface area contributed by atoms with E-state index in [-0.39, 0.29) is 6.42 Å².